The minimum atomic E-state index is -0.675. The number of nitrogens with one attached hydrogen (secondary N) is 1. The Bertz CT molecular complexity index is 999. The maximum absolute atomic E-state index is 12.2. The summed E-state index contributed by atoms with van der Waals surface area (Å²) < 4.78 is 11.0. The summed E-state index contributed by atoms with van der Waals surface area (Å²) >= 11 is 4.70. The Kier molecular flexibility index (Phi) is 6.71. The zero-order valence-corrected chi connectivity index (χ0v) is 18.0. The van der Waals surface area contributed by atoms with Crippen molar-refractivity contribution in [2.75, 3.05) is 19.0 Å². The van der Waals surface area contributed by atoms with Crippen LogP contribution in [0.1, 0.15) is 32.8 Å². The molecule has 1 aromatic carbocycles. The molecule has 0 bridgehead atoms. The van der Waals surface area contributed by atoms with E-state index in [1.165, 1.54) is 24.5 Å². The molecule has 1 aromatic heterocycles. The number of fused-ring (bicyclic) bond motifs is 1. The number of primary amides is 1. The van der Waals surface area contributed by atoms with E-state index in [0.29, 0.717) is 21.9 Å². The van der Waals surface area contributed by atoms with Crippen LogP contribution in [0.5, 0.6) is 5.75 Å². The van der Waals surface area contributed by atoms with Gasteiger partial charge >= 0.3 is 5.97 Å². The van der Waals surface area contributed by atoms with E-state index < -0.39 is 24.4 Å². The van der Waals surface area contributed by atoms with Crippen molar-refractivity contribution in [3.8, 4) is 5.75 Å². The third-order valence-electron chi connectivity index (χ3n) is 4.36. The number of carbonyl (C=O) groups excluding carboxylic acids is 3. The molecule has 0 atom stereocenters. The van der Waals surface area contributed by atoms with Crippen molar-refractivity contribution in [1.82, 2.24) is 0 Å². The highest BCUT2D eigenvalue weighted by atomic mass is 79.9. The fraction of sp³-hybridized carbons (Fsp3) is 0.250. The quantitative estimate of drug-likeness (QED) is 0.468. The summed E-state index contributed by atoms with van der Waals surface area (Å²) in [5.41, 5.74) is 7.43. The molecule has 1 aliphatic rings. The van der Waals surface area contributed by atoms with Gasteiger partial charge in [0.1, 0.15) is 10.8 Å². The van der Waals surface area contributed by atoms with Gasteiger partial charge in [-0.15, -0.1) is 11.3 Å². The molecular formula is C20H19BrN2O5S. The van der Waals surface area contributed by atoms with Gasteiger partial charge in [0, 0.05) is 21.0 Å². The Morgan fingerprint density at radius 3 is 2.83 bits per heavy atom. The van der Waals surface area contributed by atoms with Gasteiger partial charge in [-0.05, 0) is 49.1 Å². The monoisotopic (exact) mass is 478 g/mol. The number of aryl methyl sites for hydroxylation is 1. The molecule has 1 aliphatic carbocycles. The number of rotatable bonds is 7. The molecule has 0 saturated carbocycles. The van der Waals surface area contributed by atoms with Gasteiger partial charge < -0.3 is 20.5 Å². The van der Waals surface area contributed by atoms with Crippen molar-refractivity contribution in [3.63, 3.8) is 0 Å². The maximum Gasteiger partial charge on any atom is 0.331 e. The third-order valence-corrected chi connectivity index (χ3v) is 6.06. The first kappa shape index (κ1) is 21.1. The van der Waals surface area contributed by atoms with Crippen molar-refractivity contribution in [2.24, 2.45) is 5.73 Å². The number of nitrogens with two attached hydrogens (primary N) is 1. The summed E-state index contributed by atoms with van der Waals surface area (Å²) in [7, 11) is 1.53. The zero-order chi connectivity index (χ0) is 21.0. The number of carbonyl (C=O) groups is 3. The number of methoxy groups -OCH3 is 1. The topological polar surface area (TPSA) is 108 Å². The van der Waals surface area contributed by atoms with Crippen LogP contribution >= 0.6 is 27.3 Å². The van der Waals surface area contributed by atoms with E-state index in [4.69, 9.17) is 15.2 Å². The number of hydrogen-bond donors (Lipinski definition) is 2. The molecule has 29 heavy (non-hydrogen) atoms. The van der Waals surface area contributed by atoms with Crippen LogP contribution in [-0.2, 0) is 27.2 Å². The first-order valence-corrected chi connectivity index (χ1v) is 10.4. The van der Waals surface area contributed by atoms with Crippen molar-refractivity contribution < 1.29 is 23.9 Å². The number of amides is 2. The van der Waals surface area contributed by atoms with Crippen LogP contribution < -0.4 is 15.8 Å². The predicted molar refractivity (Wildman–Crippen MR) is 114 cm³/mol. The summed E-state index contributed by atoms with van der Waals surface area (Å²) in [6.45, 7) is -0.473. The van der Waals surface area contributed by atoms with E-state index in [1.54, 1.807) is 18.2 Å². The summed E-state index contributed by atoms with van der Waals surface area (Å²) in [5, 5.41) is 3.04. The van der Waals surface area contributed by atoms with Crippen LogP contribution in [0.3, 0.4) is 0 Å². The highest BCUT2D eigenvalue weighted by Crippen LogP contribution is 2.38. The molecule has 2 amide bonds. The SMILES string of the molecule is COc1ccc(Br)cc1/C=C/C(=O)OCC(=O)Nc1sc2c(c1C(N)=O)CCC2. The Labute approximate surface area is 180 Å². The first-order valence-electron chi connectivity index (χ1n) is 8.81. The van der Waals surface area contributed by atoms with Crippen molar-refractivity contribution in [3.05, 3.63) is 50.3 Å². The van der Waals surface area contributed by atoms with Gasteiger partial charge in [-0.1, -0.05) is 15.9 Å². The maximum atomic E-state index is 12.2. The number of benzene rings is 1. The Hall–Kier alpha value is -2.65. The standard InChI is InChI=1S/C20H19BrN2O5S/c1-27-14-7-6-12(21)9-11(14)5-8-17(25)28-10-16(24)23-20-18(19(22)26)13-3-2-4-15(13)29-20/h5-9H,2-4,10H2,1H3,(H2,22,26)(H,23,24)/b8-5+. The molecule has 7 nitrogen and oxygen atoms in total. The highest BCUT2D eigenvalue weighted by molar-refractivity contribution is 9.10. The number of esters is 1. The molecule has 0 aliphatic heterocycles. The highest BCUT2D eigenvalue weighted by Gasteiger charge is 2.26. The number of anilines is 1. The van der Waals surface area contributed by atoms with Crippen LogP contribution in [-0.4, -0.2) is 31.5 Å². The molecule has 3 N–H and O–H groups in total. The number of halogens is 1. The summed E-state index contributed by atoms with van der Waals surface area (Å²) in [5.74, 6) is -1.18. The minimum Gasteiger partial charge on any atom is -0.496 e. The molecule has 0 unspecified atom stereocenters. The van der Waals surface area contributed by atoms with E-state index in [2.05, 4.69) is 21.2 Å². The fourth-order valence-electron chi connectivity index (χ4n) is 3.09. The largest absolute Gasteiger partial charge is 0.496 e. The number of thiophene rings is 1. The van der Waals surface area contributed by atoms with Crippen molar-refractivity contribution in [2.45, 2.75) is 19.3 Å². The van der Waals surface area contributed by atoms with E-state index in [-0.39, 0.29) is 0 Å². The number of hydrogen-bond acceptors (Lipinski definition) is 6. The fourth-order valence-corrected chi connectivity index (χ4v) is 4.78. The molecule has 152 valence electrons. The molecule has 1 heterocycles. The third kappa shape index (κ3) is 5.04. The molecule has 0 fully saturated rings. The first-order chi connectivity index (χ1) is 13.9. The molecule has 9 heteroatoms. The molecule has 0 saturated heterocycles. The molecule has 2 aromatic rings. The van der Waals surface area contributed by atoms with Crippen molar-refractivity contribution in [1.29, 1.82) is 0 Å². The van der Waals surface area contributed by atoms with Gasteiger partial charge in [-0.2, -0.15) is 0 Å². The van der Waals surface area contributed by atoms with Gasteiger partial charge in [-0.25, -0.2) is 4.79 Å². The second-order valence-corrected chi connectivity index (χ2v) is 8.32. The smallest absolute Gasteiger partial charge is 0.331 e. The van der Waals surface area contributed by atoms with Crippen LogP contribution in [0.4, 0.5) is 5.00 Å². The predicted octanol–water partition coefficient (Wildman–Crippen LogP) is 3.30. The van der Waals surface area contributed by atoms with Crippen molar-refractivity contribution >= 4 is 56.1 Å². The molecule has 3 rings (SSSR count). The van der Waals surface area contributed by atoms with Gasteiger partial charge in [0.05, 0.1) is 12.7 Å². The lowest BCUT2D eigenvalue weighted by molar-refractivity contribution is -0.142. The van der Waals surface area contributed by atoms with Gasteiger partial charge in [0.15, 0.2) is 6.61 Å². The van der Waals surface area contributed by atoms with Gasteiger partial charge in [0.25, 0.3) is 11.8 Å². The lowest BCUT2D eigenvalue weighted by Crippen LogP contribution is -2.22. The second kappa shape index (κ2) is 9.23. The van der Waals surface area contributed by atoms with E-state index in [0.717, 1.165) is 34.2 Å². The van der Waals surface area contributed by atoms with E-state index >= 15 is 0 Å². The van der Waals surface area contributed by atoms with E-state index in [9.17, 15) is 14.4 Å². The lowest BCUT2D eigenvalue weighted by Gasteiger charge is -2.06. The van der Waals surface area contributed by atoms with E-state index in [1.807, 2.05) is 6.07 Å². The van der Waals surface area contributed by atoms with Gasteiger partial charge in [-0.3, -0.25) is 9.59 Å². The molecular weight excluding hydrogens is 460 g/mol. The van der Waals surface area contributed by atoms with Crippen LogP contribution in [0.2, 0.25) is 0 Å². The molecule has 0 spiro atoms. The Balaban J connectivity index is 1.58. The number of ether oxygens (including phenoxy) is 2. The summed E-state index contributed by atoms with van der Waals surface area (Å²) in [6, 6.07) is 5.37. The summed E-state index contributed by atoms with van der Waals surface area (Å²) in [4.78, 5) is 36.9. The van der Waals surface area contributed by atoms with Crippen LogP contribution in [0, 0.1) is 0 Å². The average molecular weight is 479 g/mol. The average Bonchev–Trinajstić information content (AvgIpc) is 3.25. The van der Waals surface area contributed by atoms with Crippen LogP contribution in [0.15, 0.2) is 28.7 Å². The lowest BCUT2D eigenvalue weighted by atomic mass is 10.1. The minimum absolute atomic E-state index is 0.365. The Morgan fingerprint density at radius 2 is 2.10 bits per heavy atom. The second-order valence-electron chi connectivity index (χ2n) is 6.30. The zero-order valence-electron chi connectivity index (χ0n) is 15.6. The Morgan fingerprint density at radius 1 is 1.31 bits per heavy atom. The summed E-state index contributed by atoms with van der Waals surface area (Å²) in [6.07, 6.45) is 5.38. The molecule has 0 radical (unpaired) electrons. The van der Waals surface area contributed by atoms with Crippen LogP contribution in [0.25, 0.3) is 6.08 Å². The van der Waals surface area contributed by atoms with Gasteiger partial charge in [0.2, 0.25) is 0 Å². The normalized spacial score (nSPS) is 12.6.